The zero-order valence-electron chi connectivity index (χ0n) is 27.4. The molecule has 0 spiro atoms. The Morgan fingerprint density at radius 3 is 2.24 bits per heavy atom. The van der Waals surface area contributed by atoms with Gasteiger partial charge < -0.3 is 4.40 Å². The van der Waals surface area contributed by atoms with Gasteiger partial charge in [-0.2, -0.15) is 0 Å². The number of aryl methyl sites for hydroxylation is 1. The predicted molar refractivity (Wildman–Crippen MR) is 206 cm³/mol. The van der Waals surface area contributed by atoms with Crippen molar-refractivity contribution in [2.75, 3.05) is 0 Å². The van der Waals surface area contributed by atoms with Crippen LogP contribution in [0, 0.1) is 0 Å². The summed E-state index contributed by atoms with van der Waals surface area (Å²) in [6.45, 7) is 0. The Morgan fingerprint density at radius 1 is 0.571 bits per heavy atom. The smallest absolute Gasteiger partial charge is 0.0617 e. The van der Waals surface area contributed by atoms with E-state index in [4.69, 9.17) is 0 Å². The van der Waals surface area contributed by atoms with E-state index >= 15 is 0 Å². The standard InChI is InChI=1S/C48H35N/c1-2-17-38-36(15-1)37-16-3-4-18-39(37)43-27-34(23-24-40(38)43)32-13-9-11-30(25-32)31-12-10-14-33(26-31)35-28-44-41-19-5-7-21-46(41)49-47-22-8-6-20-42(47)45(29-35)48(44)49/h1-7,10,12-21,23-29,40,43H,8-9,11,22H2. The van der Waals surface area contributed by atoms with Crippen LogP contribution in [-0.2, 0) is 6.42 Å². The van der Waals surface area contributed by atoms with Crippen LogP contribution >= 0.6 is 0 Å². The number of hydrogen-bond donors (Lipinski definition) is 0. The third-order valence-electron chi connectivity index (χ3n) is 11.6. The van der Waals surface area contributed by atoms with Gasteiger partial charge in [-0.05, 0) is 106 Å². The van der Waals surface area contributed by atoms with Crippen molar-refractivity contribution in [1.29, 1.82) is 0 Å². The molecule has 0 bridgehead atoms. The molecule has 11 rings (SSSR count). The molecule has 0 N–H and O–H groups in total. The van der Waals surface area contributed by atoms with Crippen LogP contribution in [0.2, 0.25) is 0 Å². The molecule has 0 radical (unpaired) electrons. The van der Waals surface area contributed by atoms with Crippen LogP contribution in [0.1, 0.15) is 59.0 Å². The average Bonchev–Trinajstić information content (AvgIpc) is 3.70. The minimum absolute atomic E-state index is 0.349. The third kappa shape index (κ3) is 3.99. The first-order valence-corrected chi connectivity index (χ1v) is 17.9. The highest BCUT2D eigenvalue weighted by molar-refractivity contribution is 6.18. The van der Waals surface area contributed by atoms with Gasteiger partial charge in [0.05, 0.1) is 11.0 Å². The molecule has 2 heterocycles. The van der Waals surface area contributed by atoms with Gasteiger partial charge in [-0.15, -0.1) is 0 Å². The molecule has 0 saturated carbocycles. The van der Waals surface area contributed by atoms with Crippen molar-refractivity contribution in [1.82, 2.24) is 4.40 Å². The van der Waals surface area contributed by atoms with E-state index in [-0.39, 0.29) is 0 Å². The monoisotopic (exact) mass is 625 g/mol. The summed E-state index contributed by atoms with van der Waals surface area (Å²) in [6.07, 6.45) is 21.3. The molecule has 49 heavy (non-hydrogen) atoms. The van der Waals surface area contributed by atoms with Crippen molar-refractivity contribution in [3.8, 4) is 22.3 Å². The maximum Gasteiger partial charge on any atom is 0.0617 e. The molecule has 4 aliphatic carbocycles. The molecule has 2 aromatic heterocycles. The molecule has 2 unspecified atom stereocenters. The summed E-state index contributed by atoms with van der Waals surface area (Å²) >= 11 is 0. The second-order valence-corrected chi connectivity index (χ2v) is 14.2. The second kappa shape index (κ2) is 10.4. The Labute approximate surface area is 286 Å². The summed E-state index contributed by atoms with van der Waals surface area (Å²) < 4.78 is 2.54. The third-order valence-corrected chi connectivity index (χ3v) is 11.6. The number of rotatable bonds is 3. The van der Waals surface area contributed by atoms with Gasteiger partial charge >= 0.3 is 0 Å². The largest absolute Gasteiger partial charge is 0.312 e. The summed E-state index contributed by atoms with van der Waals surface area (Å²) in [5, 5.41) is 4.09. The van der Waals surface area contributed by atoms with E-state index < -0.39 is 0 Å². The van der Waals surface area contributed by atoms with E-state index in [9.17, 15) is 0 Å². The SMILES string of the molecule is C1=Cc2c(n3c4ccccc4c4cc(-c5cccc(C6=CC(C7=CC8c9ccccc9-c9ccccc9C8C=C7)=CCC6)c5)cc2c43)CC1. The zero-order valence-corrected chi connectivity index (χ0v) is 27.4. The fraction of sp³-hybridized carbons (Fsp3) is 0.125. The van der Waals surface area contributed by atoms with Crippen molar-refractivity contribution in [2.24, 2.45) is 0 Å². The number of nitrogens with zero attached hydrogens (tertiary/aromatic N) is 1. The molecule has 4 aliphatic rings. The van der Waals surface area contributed by atoms with E-state index in [1.165, 1.54) is 94.1 Å². The summed E-state index contributed by atoms with van der Waals surface area (Å²) in [7, 11) is 0. The van der Waals surface area contributed by atoms with Gasteiger partial charge in [0.15, 0.2) is 0 Å². The van der Waals surface area contributed by atoms with Crippen LogP contribution in [-0.4, -0.2) is 4.40 Å². The first kappa shape index (κ1) is 27.3. The Hall–Kier alpha value is -5.66. The highest BCUT2D eigenvalue weighted by atomic mass is 14.9. The Balaban J connectivity index is 0.983. The first-order chi connectivity index (χ1) is 24.3. The number of fused-ring (bicyclic) bond motifs is 12. The van der Waals surface area contributed by atoms with Gasteiger partial charge in [-0.1, -0.05) is 127 Å². The Bertz CT molecular complexity index is 2670. The first-order valence-electron chi connectivity index (χ1n) is 17.9. The normalized spacial score (nSPS) is 19.3. The highest BCUT2D eigenvalue weighted by Crippen LogP contribution is 2.51. The van der Waals surface area contributed by atoms with Gasteiger partial charge in [0, 0.05) is 39.3 Å². The second-order valence-electron chi connectivity index (χ2n) is 14.2. The molecular formula is C48H35N. The van der Waals surface area contributed by atoms with Gasteiger partial charge in [0.2, 0.25) is 0 Å². The van der Waals surface area contributed by atoms with Crippen LogP contribution < -0.4 is 0 Å². The summed E-state index contributed by atoms with van der Waals surface area (Å²) in [6, 6.07) is 41.1. The molecule has 0 fully saturated rings. The van der Waals surface area contributed by atoms with E-state index in [1.54, 1.807) is 0 Å². The summed E-state index contributed by atoms with van der Waals surface area (Å²) in [4.78, 5) is 0. The average molecular weight is 626 g/mol. The molecule has 232 valence electrons. The molecule has 0 aliphatic heterocycles. The van der Waals surface area contributed by atoms with Crippen LogP contribution in [0.25, 0.3) is 61.1 Å². The molecule has 7 aromatic rings. The number of benzene rings is 5. The molecule has 1 heteroatoms. The van der Waals surface area contributed by atoms with E-state index in [0.717, 1.165) is 25.7 Å². The minimum Gasteiger partial charge on any atom is -0.312 e. The Morgan fingerprint density at radius 2 is 1.35 bits per heavy atom. The lowest BCUT2D eigenvalue weighted by atomic mass is 9.68. The van der Waals surface area contributed by atoms with Crippen molar-refractivity contribution >= 4 is 38.8 Å². The topological polar surface area (TPSA) is 4.41 Å². The lowest BCUT2D eigenvalue weighted by Gasteiger charge is -2.35. The molecule has 0 saturated heterocycles. The van der Waals surface area contributed by atoms with Crippen molar-refractivity contribution in [3.05, 3.63) is 185 Å². The van der Waals surface area contributed by atoms with Crippen LogP contribution in [0.5, 0.6) is 0 Å². The maximum absolute atomic E-state index is 2.54. The number of para-hydroxylation sites is 1. The van der Waals surface area contributed by atoms with Gasteiger partial charge in [-0.3, -0.25) is 0 Å². The molecule has 0 amide bonds. The fourth-order valence-corrected chi connectivity index (χ4v) is 9.43. The lowest BCUT2D eigenvalue weighted by Crippen LogP contribution is -2.17. The fourth-order valence-electron chi connectivity index (χ4n) is 9.43. The zero-order chi connectivity index (χ0) is 32.1. The quantitative estimate of drug-likeness (QED) is 0.184. The highest BCUT2D eigenvalue weighted by Gasteiger charge is 2.33. The minimum atomic E-state index is 0.349. The number of aromatic nitrogens is 1. The molecule has 5 aromatic carbocycles. The summed E-state index contributed by atoms with van der Waals surface area (Å²) in [5.74, 6) is 0.726. The van der Waals surface area contributed by atoms with E-state index in [0.29, 0.717) is 11.8 Å². The number of hydrogen-bond acceptors (Lipinski definition) is 0. The van der Waals surface area contributed by atoms with Crippen LogP contribution in [0.3, 0.4) is 0 Å². The molecule has 1 nitrogen and oxygen atoms in total. The van der Waals surface area contributed by atoms with Crippen LogP contribution in [0.4, 0.5) is 0 Å². The van der Waals surface area contributed by atoms with Crippen molar-refractivity contribution in [2.45, 2.75) is 37.5 Å². The predicted octanol–water partition coefficient (Wildman–Crippen LogP) is 12.5. The van der Waals surface area contributed by atoms with Crippen LogP contribution in [0.15, 0.2) is 157 Å². The lowest BCUT2D eigenvalue weighted by molar-refractivity contribution is 0.715. The van der Waals surface area contributed by atoms with Crippen molar-refractivity contribution in [3.63, 3.8) is 0 Å². The molecular weight excluding hydrogens is 591 g/mol. The van der Waals surface area contributed by atoms with E-state index in [1.807, 2.05) is 0 Å². The van der Waals surface area contributed by atoms with Crippen molar-refractivity contribution < 1.29 is 0 Å². The number of allylic oxidation sites excluding steroid dienone is 9. The van der Waals surface area contributed by atoms with Gasteiger partial charge in [-0.25, -0.2) is 0 Å². The van der Waals surface area contributed by atoms with Gasteiger partial charge in [0.25, 0.3) is 0 Å². The summed E-state index contributed by atoms with van der Waals surface area (Å²) in [5.41, 5.74) is 19.2. The van der Waals surface area contributed by atoms with E-state index in [2.05, 4.69) is 156 Å². The maximum atomic E-state index is 2.54. The van der Waals surface area contributed by atoms with Gasteiger partial charge in [0.1, 0.15) is 0 Å². The molecule has 2 atom stereocenters. The Kier molecular flexibility index (Phi) is 5.81.